The summed E-state index contributed by atoms with van der Waals surface area (Å²) in [6.45, 7) is 11.0. The molecule has 0 saturated carbocycles. The maximum Gasteiger partial charge on any atom is 0.264 e. The van der Waals surface area contributed by atoms with Gasteiger partial charge in [-0.3, -0.25) is 43.8 Å². The lowest BCUT2D eigenvalue weighted by atomic mass is 9.66. The minimum atomic E-state index is -3.64. The normalized spacial score (nSPS) is 20.1. The highest BCUT2D eigenvalue weighted by atomic mass is 35.5. The van der Waals surface area contributed by atoms with Crippen molar-refractivity contribution >= 4 is 85.8 Å². The maximum absolute atomic E-state index is 15.2. The smallest absolute Gasteiger partial charge is 0.264 e. The van der Waals surface area contributed by atoms with Crippen LogP contribution < -0.4 is 21.3 Å². The van der Waals surface area contributed by atoms with Crippen LogP contribution in [0.2, 0.25) is 10.0 Å². The molecule has 18 nitrogen and oxygen atoms in total. The first-order valence-electron chi connectivity index (χ1n) is 25.7. The van der Waals surface area contributed by atoms with Crippen molar-refractivity contribution in [1.82, 2.24) is 20.4 Å². The lowest BCUT2D eigenvalue weighted by Gasteiger charge is -2.53. The molecule has 7 amide bonds. The van der Waals surface area contributed by atoms with Crippen LogP contribution in [0.15, 0.2) is 91.0 Å². The number of imide groups is 2. The van der Waals surface area contributed by atoms with Gasteiger partial charge in [0.2, 0.25) is 23.6 Å². The van der Waals surface area contributed by atoms with E-state index in [0.717, 1.165) is 16.0 Å². The molecule has 77 heavy (non-hydrogen) atoms. The maximum atomic E-state index is 15.2. The molecule has 21 heteroatoms. The van der Waals surface area contributed by atoms with E-state index in [-0.39, 0.29) is 99.9 Å². The molecule has 3 heterocycles. The quantitative estimate of drug-likeness (QED) is 0.0379. The number of hydrogen-bond acceptors (Lipinski definition) is 13. The van der Waals surface area contributed by atoms with E-state index in [2.05, 4.69) is 21.3 Å². The number of anilines is 2. The Morgan fingerprint density at radius 2 is 1.43 bits per heavy atom. The highest BCUT2D eigenvalue weighted by molar-refractivity contribution is 7.92. The second-order valence-corrected chi connectivity index (χ2v) is 23.8. The van der Waals surface area contributed by atoms with Gasteiger partial charge in [0.05, 0.1) is 73.2 Å². The van der Waals surface area contributed by atoms with Gasteiger partial charge in [-0.2, -0.15) is 0 Å². The van der Waals surface area contributed by atoms with Crippen LogP contribution in [0.5, 0.6) is 0 Å². The van der Waals surface area contributed by atoms with E-state index < -0.39 is 74.1 Å². The summed E-state index contributed by atoms with van der Waals surface area (Å²) >= 11 is 12.9. The number of fused-ring (bicyclic) bond motifs is 1. The molecule has 2 fully saturated rings. The summed E-state index contributed by atoms with van der Waals surface area (Å²) in [7, 11) is -3.64. The van der Waals surface area contributed by atoms with Gasteiger partial charge in [0.25, 0.3) is 17.7 Å². The fourth-order valence-electron chi connectivity index (χ4n) is 10.0. The number of likely N-dealkylation sites (tertiary alicyclic amines) is 1. The molecule has 3 aliphatic heterocycles. The van der Waals surface area contributed by atoms with Crippen molar-refractivity contribution in [3.05, 3.63) is 129 Å². The van der Waals surface area contributed by atoms with Crippen LogP contribution in [0.1, 0.15) is 114 Å². The summed E-state index contributed by atoms with van der Waals surface area (Å²) in [6.07, 6.45) is 0.150. The lowest BCUT2D eigenvalue weighted by molar-refractivity contribution is -0.157. The molecule has 0 aliphatic carbocycles. The van der Waals surface area contributed by atoms with E-state index in [1.54, 1.807) is 80.3 Å². The third kappa shape index (κ3) is 14.3. The number of ether oxygens (including phenoxy) is 3. The van der Waals surface area contributed by atoms with Crippen LogP contribution in [0.3, 0.4) is 0 Å². The van der Waals surface area contributed by atoms with Gasteiger partial charge in [-0.25, -0.2) is 8.42 Å². The molecule has 2 saturated heterocycles. The first kappa shape index (κ1) is 58.5. The highest BCUT2D eigenvalue weighted by Crippen LogP contribution is 2.53. The molecule has 5 atom stereocenters. The number of halogens is 2. The number of nitrogens with one attached hydrogen (secondary N) is 4. The molecule has 4 aromatic rings. The third-order valence-corrected chi connectivity index (χ3v) is 16.9. The average molecular weight is 1120 g/mol. The Bertz CT molecular complexity index is 2940. The topological polar surface area (TPSA) is 236 Å². The largest absolute Gasteiger partial charge is 0.382 e. The van der Waals surface area contributed by atoms with Crippen molar-refractivity contribution in [2.75, 3.05) is 69.1 Å². The Morgan fingerprint density at radius 3 is 2.06 bits per heavy atom. The average Bonchev–Trinajstić information content (AvgIpc) is 3.71. The third-order valence-electron chi connectivity index (χ3n) is 14.1. The Hall–Kier alpha value is -6.22. The molecular formula is C56H66Cl2N6O12S. The molecule has 2 unspecified atom stereocenters. The summed E-state index contributed by atoms with van der Waals surface area (Å²) in [5, 5.41) is 11.4. The van der Waals surface area contributed by atoms with E-state index in [0.29, 0.717) is 40.1 Å². The molecular weight excluding hydrogens is 1050 g/mol. The molecule has 0 bridgehead atoms. The molecule has 4 N–H and O–H groups in total. The fraction of sp³-hybridized carbons (Fsp3) is 0.446. The van der Waals surface area contributed by atoms with E-state index in [9.17, 15) is 37.2 Å². The predicted octanol–water partition coefficient (Wildman–Crippen LogP) is 7.23. The molecule has 0 spiro atoms. The molecule has 412 valence electrons. The van der Waals surface area contributed by atoms with Gasteiger partial charge in [-0.1, -0.05) is 74.3 Å². The molecule has 3 aliphatic rings. The lowest BCUT2D eigenvalue weighted by Crippen LogP contribution is -2.59. The van der Waals surface area contributed by atoms with Gasteiger partial charge in [0.15, 0.2) is 9.84 Å². The Morgan fingerprint density at radius 1 is 0.779 bits per heavy atom. The van der Waals surface area contributed by atoms with Crippen LogP contribution in [-0.4, -0.2) is 135 Å². The Labute approximate surface area is 459 Å². The molecule has 7 rings (SSSR count). The molecule has 0 aromatic heterocycles. The second-order valence-electron chi connectivity index (χ2n) is 20.3. The van der Waals surface area contributed by atoms with Crippen molar-refractivity contribution in [3.63, 3.8) is 0 Å². The minimum absolute atomic E-state index is 0.0350. The number of sulfone groups is 1. The zero-order valence-electron chi connectivity index (χ0n) is 43.8. The van der Waals surface area contributed by atoms with Gasteiger partial charge in [0.1, 0.15) is 6.04 Å². The summed E-state index contributed by atoms with van der Waals surface area (Å²) in [6, 6.07) is 23.4. The van der Waals surface area contributed by atoms with E-state index >= 15 is 4.79 Å². The zero-order valence-corrected chi connectivity index (χ0v) is 46.1. The summed E-state index contributed by atoms with van der Waals surface area (Å²) in [5.74, 6) is -4.33. The minimum Gasteiger partial charge on any atom is -0.382 e. The summed E-state index contributed by atoms with van der Waals surface area (Å²) in [4.78, 5) is 95.2. The van der Waals surface area contributed by atoms with Crippen LogP contribution in [0.4, 0.5) is 11.4 Å². The second kappa shape index (κ2) is 26.0. The number of nitrogens with zero attached hydrogens (tertiary/aromatic N) is 2. The van der Waals surface area contributed by atoms with Gasteiger partial charge in [0, 0.05) is 64.9 Å². The SMILES string of the molecule is CC(C)C(CS(=O)(=O)C(C)C)N1C(=O)[C@@](C)(CC(=O)Nc2ccc(C(=O)NCCOCCOCCOCCNc3cccc4c3C(=O)N(C3CCC(=O)NC3=O)C4=O)cc2)C[C@H](c2cccc(Cl)c2)[C@H]1c1ccc(Cl)cc1. The van der Waals surface area contributed by atoms with Crippen LogP contribution in [-0.2, 0) is 43.2 Å². The van der Waals surface area contributed by atoms with Gasteiger partial charge >= 0.3 is 0 Å². The zero-order chi connectivity index (χ0) is 55.6. The van der Waals surface area contributed by atoms with Crippen LogP contribution in [0, 0.1) is 11.3 Å². The van der Waals surface area contributed by atoms with Gasteiger partial charge < -0.3 is 35.1 Å². The van der Waals surface area contributed by atoms with Crippen molar-refractivity contribution in [1.29, 1.82) is 0 Å². The van der Waals surface area contributed by atoms with Gasteiger partial charge in [-0.05, 0) is 104 Å². The Kier molecular flexibility index (Phi) is 19.7. The van der Waals surface area contributed by atoms with Crippen molar-refractivity contribution in [2.24, 2.45) is 11.3 Å². The monoisotopic (exact) mass is 1120 g/mol. The van der Waals surface area contributed by atoms with Crippen LogP contribution in [0.25, 0.3) is 0 Å². The molecule has 4 aromatic carbocycles. The number of rotatable bonds is 25. The first-order valence-corrected chi connectivity index (χ1v) is 28.2. The van der Waals surface area contributed by atoms with E-state index in [1.807, 2.05) is 44.2 Å². The number of hydrogen-bond donors (Lipinski definition) is 4. The first-order chi connectivity index (χ1) is 36.7. The van der Waals surface area contributed by atoms with Crippen molar-refractivity contribution in [2.45, 2.75) is 89.6 Å². The number of carbonyl (C=O) groups excluding carboxylic acids is 7. The van der Waals surface area contributed by atoms with Crippen LogP contribution >= 0.6 is 23.2 Å². The Balaban J connectivity index is 0.844. The van der Waals surface area contributed by atoms with Crippen molar-refractivity contribution < 1.29 is 56.2 Å². The van der Waals surface area contributed by atoms with Crippen molar-refractivity contribution in [3.8, 4) is 0 Å². The number of benzene rings is 4. The van der Waals surface area contributed by atoms with E-state index in [1.165, 1.54) is 6.07 Å². The summed E-state index contributed by atoms with van der Waals surface area (Å²) in [5.41, 5.74) is 1.91. The highest BCUT2D eigenvalue weighted by Gasteiger charge is 2.53. The molecule has 0 radical (unpaired) electrons. The summed E-state index contributed by atoms with van der Waals surface area (Å²) < 4.78 is 44.1. The van der Waals surface area contributed by atoms with E-state index in [4.69, 9.17) is 37.4 Å². The fourth-order valence-corrected chi connectivity index (χ4v) is 11.7. The standard InChI is InChI=1S/C56H66Cl2N6O12S/c1-34(2)46(33-77(72,73)35(3)4)63-50(36-12-16-39(57)17-13-36)43(38-8-6-9-40(58)30-38)31-56(5,55(63)71)32-48(66)61-41-18-14-37(15-19-41)51(67)60-23-25-75-27-29-76-28-26-74-24-22-59-44-11-7-10-42-49(44)54(70)64(53(42)69)45-20-21-47(65)62-52(45)68/h6-19,30,34-35,43,45-46,50,59H,20-29,31-33H2,1-5H3,(H,60,67)(H,61,66)(H,62,65,68)/t43-,45?,46?,50-,56-/m1/s1. The van der Waals surface area contributed by atoms with Gasteiger partial charge in [-0.15, -0.1) is 0 Å². The predicted molar refractivity (Wildman–Crippen MR) is 292 cm³/mol. The number of carbonyl (C=O) groups is 7. The number of amides is 7. The number of piperidine rings is 2.